The first-order valence-corrected chi connectivity index (χ1v) is 6.16. The number of amides is 2. The zero-order chi connectivity index (χ0) is 13.0. The summed E-state index contributed by atoms with van der Waals surface area (Å²) in [5.41, 5.74) is 7.48. The van der Waals surface area contributed by atoms with E-state index in [1.807, 2.05) is 31.2 Å². The molecule has 1 aromatic carbocycles. The molecule has 4 N–H and O–H groups in total. The van der Waals surface area contributed by atoms with Crippen LogP contribution in [0.4, 0.5) is 10.5 Å². The van der Waals surface area contributed by atoms with Crippen molar-refractivity contribution in [2.75, 3.05) is 18.9 Å². The molecule has 5 nitrogen and oxygen atoms in total. The third-order valence-electron chi connectivity index (χ3n) is 3.08. The number of benzene rings is 1. The summed E-state index contributed by atoms with van der Waals surface area (Å²) < 4.78 is 5.20. The van der Waals surface area contributed by atoms with Gasteiger partial charge in [0.2, 0.25) is 0 Å². The van der Waals surface area contributed by atoms with E-state index < -0.39 is 0 Å². The molecule has 1 saturated heterocycles. The normalized spacial score (nSPS) is 20.4. The zero-order valence-electron chi connectivity index (χ0n) is 10.5. The van der Waals surface area contributed by atoms with Crippen LogP contribution in [-0.4, -0.2) is 25.3 Å². The standard InChI is InChI=1S/C13H19N3O2/c1-9(11-4-2-3-5-12(11)14)15-13(17)16-10-6-7-18-8-10/h2-5,9-10H,6-8,14H2,1H3,(H2,15,16,17). The van der Waals surface area contributed by atoms with Crippen LogP contribution in [-0.2, 0) is 4.74 Å². The molecular formula is C13H19N3O2. The van der Waals surface area contributed by atoms with Gasteiger partial charge in [0.15, 0.2) is 0 Å². The molecule has 2 amide bonds. The van der Waals surface area contributed by atoms with Crippen molar-refractivity contribution in [3.8, 4) is 0 Å². The van der Waals surface area contributed by atoms with Gasteiger partial charge in [-0.1, -0.05) is 18.2 Å². The van der Waals surface area contributed by atoms with Crippen LogP contribution in [0.2, 0.25) is 0 Å². The molecule has 0 aliphatic carbocycles. The first kappa shape index (κ1) is 12.7. The highest BCUT2D eigenvalue weighted by Gasteiger charge is 2.19. The maximum atomic E-state index is 11.8. The largest absolute Gasteiger partial charge is 0.398 e. The lowest BCUT2D eigenvalue weighted by molar-refractivity contribution is 0.188. The Kier molecular flexibility index (Phi) is 4.04. The first-order chi connectivity index (χ1) is 8.66. The molecule has 1 heterocycles. The molecule has 2 atom stereocenters. The SMILES string of the molecule is CC(NC(=O)NC1CCOC1)c1ccccc1N. The molecule has 0 saturated carbocycles. The Bertz CT molecular complexity index is 416. The number of ether oxygens (including phenoxy) is 1. The van der Waals surface area contributed by atoms with Crippen LogP contribution in [0, 0.1) is 0 Å². The highest BCUT2D eigenvalue weighted by molar-refractivity contribution is 5.75. The van der Waals surface area contributed by atoms with Gasteiger partial charge in [0.1, 0.15) is 0 Å². The summed E-state index contributed by atoms with van der Waals surface area (Å²) in [6.45, 7) is 3.22. The Labute approximate surface area is 107 Å². The van der Waals surface area contributed by atoms with Crippen molar-refractivity contribution in [3.63, 3.8) is 0 Å². The fraction of sp³-hybridized carbons (Fsp3) is 0.462. The van der Waals surface area contributed by atoms with Crippen LogP contribution < -0.4 is 16.4 Å². The molecule has 0 radical (unpaired) electrons. The van der Waals surface area contributed by atoms with E-state index in [2.05, 4.69) is 10.6 Å². The molecule has 0 spiro atoms. The average Bonchev–Trinajstić information content (AvgIpc) is 2.82. The highest BCUT2D eigenvalue weighted by Crippen LogP contribution is 2.19. The van der Waals surface area contributed by atoms with E-state index in [0.29, 0.717) is 18.9 Å². The van der Waals surface area contributed by atoms with Gasteiger partial charge >= 0.3 is 6.03 Å². The quantitative estimate of drug-likeness (QED) is 0.709. The van der Waals surface area contributed by atoms with Gasteiger partial charge in [0, 0.05) is 12.3 Å². The second kappa shape index (κ2) is 5.73. The van der Waals surface area contributed by atoms with E-state index in [0.717, 1.165) is 12.0 Å². The zero-order valence-corrected chi connectivity index (χ0v) is 10.5. The number of nitrogens with one attached hydrogen (secondary N) is 2. The molecule has 2 unspecified atom stereocenters. The number of nitrogens with two attached hydrogens (primary N) is 1. The lowest BCUT2D eigenvalue weighted by atomic mass is 10.1. The fourth-order valence-electron chi connectivity index (χ4n) is 2.06. The van der Waals surface area contributed by atoms with Gasteiger partial charge in [-0.3, -0.25) is 0 Å². The Morgan fingerprint density at radius 2 is 2.28 bits per heavy atom. The predicted molar refractivity (Wildman–Crippen MR) is 70.2 cm³/mol. The summed E-state index contributed by atoms with van der Waals surface area (Å²) in [4.78, 5) is 11.8. The molecule has 1 aliphatic heterocycles. The molecule has 18 heavy (non-hydrogen) atoms. The minimum Gasteiger partial charge on any atom is -0.398 e. The summed E-state index contributed by atoms with van der Waals surface area (Å²) in [5.74, 6) is 0. The minimum atomic E-state index is -0.179. The molecule has 2 rings (SSSR count). The summed E-state index contributed by atoms with van der Waals surface area (Å²) >= 11 is 0. The Balaban J connectivity index is 1.88. The van der Waals surface area contributed by atoms with Crippen molar-refractivity contribution < 1.29 is 9.53 Å². The Morgan fingerprint density at radius 3 is 2.94 bits per heavy atom. The van der Waals surface area contributed by atoms with Gasteiger partial charge in [-0.15, -0.1) is 0 Å². The maximum absolute atomic E-state index is 11.8. The second-order valence-electron chi connectivity index (χ2n) is 4.53. The van der Waals surface area contributed by atoms with Crippen LogP contribution in [0.1, 0.15) is 24.9 Å². The summed E-state index contributed by atoms with van der Waals surface area (Å²) in [6.07, 6.45) is 0.870. The molecule has 1 aliphatic rings. The monoisotopic (exact) mass is 249 g/mol. The average molecular weight is 249 g/mol. The third kappa shape index (κ3) is 3.13. The molecule has 1 aromatic rings. The summed E-state index contributed by atoms with van der Waals surface area (Å²) in [6, 6.07) is 7.35. The fourth-order valence-corrected chi connectivity index (χ4v) is 2.06. The molecule has 5 heteroatoms. The minimum absolute atomic E-state index is 0.116. The number of carbonyl (C=O) groups excluding carboxylic acids is 1. The first-order valence-electron chi connectivity index (χ1n) is 6.16. The molecule has 98 valence electrons. The van der Waals surface area contributed by atoms with Gasteiger partial charge in [0.25, 0.3) is 0 Å². The second-order valence-corrected chi connectivity index (χ2v) is 4.53. The van der Waals surface area contributed by atoms with E-state index >= 15 is 0 Å². The number of hydrogen-bond acceptors (Lipinski definition) is 3. The van der Waals surface area contributed by atoms with Gasteiger partial charge in [-0.2, -0.15) is 0 Å². The summed E-state index contributed by atoms with van der Waals surface area (Å²) in [5, 5.41) is 5.76. The lowest BCUT2D eigenvalue weighted by Crippen LogP contribution is -2.43. The smallest absolute Gasteiger partial charge is 0.315 e. The van der Waals surface area contributed by atoms with Crippen LogP contribution in [0.15, 0.2) is 24.3 Å². The van der Waals surface area contributed by atoms with Crippen molar-refractivity contribution in [1.29, 1.82) is 0 Å². The number of urea groups is 1. The van der Waals surface area contributed by atoms with Crippen LogP contribution in [0.25, 0.3) is 0 Å². The number of para-hydroxylation sites is 1. The number of hydrogen-bond donors (Lipinski definition) is 3. The number of anilines is 1. The van der Waals surface area contributed by atoms with E-state index in [-0.39, 0.29) is 18.1 Å². The highest BCUT2D eigenvalue weighted by atomic mass is 16.5. The molecular weight excluding hydrogens is 230 g/mol. The van der Waals surface area contributed by atoms with Gasteiger partial charge in [0.05, 0.1) is 18.7 Å². The van der Waals surface area contributed by atoms with E-state index in [1.54, 1.807) is 0 Å². The van der Waals surface area contributed by atoms with E-state index in [1.165, 1.54) is 0 Å². The molecule has 1 fully saturated rings. The van der Waals surface area contributed by atoms with Gasteiger partial charge in [-0.05, 0) is 25.0 Å². The van der Waals surface area contributed by atoms with Gasteiger partial charge < -0.3 is 21.1 Å². The molecule has 0 aromatic heterocycles. The van der Waals surface area contributed by atoms with Crippen molar-refractivity contribution in [1.82, 2.24) is 10.6 Å². The topological polar surface area (TPSA) is 76.4 Å². The number of carbonyl (C=O) groups is 1. The van der Waals surface area contributed by atoms with E-state index in [4.69, 9.17) is 10.5 Å². The Hall–Kier alpha value is -1.75. The predicted octanol–water partition coefficient (Wildman–Crippen LogP) is 1.42. The molecule has 0 bridgehead atoms. The summed E-state index contributed by atoms with van der Waals surface area (Å²) in [7, 11) is 0. The van der Waals surface area contributed by atoms with Crippen LogP contribution in [0.3, 0.4) is 0 Å². The van der Waals surface area contributed by atoms with Crippen molar-refractivity contribution in [3.05, 3.63) is 29.8 Å². The van der Waals surface area contributed by atoms with Gasteiger partial charge in [-0.25, -0.2) is 4.79 Å². The van der Waals surface area contributed by atoms with Crippen molar-refractivity contribution >= 4 is 11.7 Å². The van der Waals surface area contributed by atoms with E-state index in [9.17, 15) is 4.79 Å². The number of rotatable bonds is 3. The lowest BCUT2D eigenvalue weighted by Gasteiger charge is -2.18. The Morgan fingerprint density at radius 1 is 1.50 bits per heavy atom. The maximum Gasteiger partial charge on any atom is 0.315 e. The number of nitrogen functional groups attached to an aromatic ring is 1. The van der Waals surface area contributed by atoms with Crippen LogP contribution >= 0.6 is 0 Å². The third-order valence-corrected chi connectivity index (χ3v) is 3.08. The van der Waals surface area contributed by atoms with Crippen LogP contribution in [0.5, 0.6) is 0 Å². The van der Waals surface area contributed by atoms with Crippen molar-refractivity contribution in [2.45, 2.75) is 25.4 Å². The van der Waals surface area contributed by atoms with Crippen molar-refractivity contribution in [2.24, 2.45) is 0 Å².